The van der Waals surface area contributed by atoms with E-state index in [1.165, 1.54) is 6.26 Å². The third-order valence-electron chi connectivity index (χ3n) is 5.11. The Hall–Kier alpha value is -3.55. The highest BCUT2D eigenvalue weighted by Gasteiger charge is 2.27. The molecule has 4 rings (SSSR count). The summed E-state index contributed by atoms with van der Waals surface area (Å²) in [4.78, 5) is 28.5. The number of anilines is 1. The van der Waals surface area contributed by atoms with E-state index >= 15 is 0 Å². The lowest BCUT2D eigenvalue weighted by molar-refractivity contribution is 0.0640. The molecule has 8 heteroatoms. The van der Waals surface area contributed by atoms with Crippen LogP contribution in [0.15, 0.2) is 53.1 Å². The molecule has 1 N–H and O–H groups in total. The van der Waals surface area contributed by atoms with Crippen LogP contribution in [0, 0.1) is 13.8 Å². The number of hydrogen-bond acceptors (Lipinski definition) is 4. The standard InChI is InChI=1S/C21H23N5O3/c1-15-19(16(2)26(23-15)17-7-4-3-5-8-17)22-21(28)25-12-10-24(11-13-25)20(27)18-9-6-14-29-18/h3-9,14H,10-13H2,1-2H3,(H,22,28). The van der Waals surface area contributed by atoms with Crippen LogP contribution in [0.5, 0.6) is 0 Å². The molecule has 3 heterocycles. The number of urea groups is 1. The van der Waals surface area contributed by atoms with E-state index in [0.717, 1.165) is 17.1 Å². The van der Waals surface area contributed by atoms with Gasteiger partial charge in [-0.3, -0.25) is 4.79 Å². The zero-order valence-corrected chi connectivity index (χ0v) is 16.5. The molecule has 0 spiro atoms. The number of aromatic nitrogens is 2. The van der Waals surface area contributed by atoms with Gasteiger partial charge in [0.05, 0.1) is 29.0 Å². The molecular formula is C21H23N5O3. The first-order valence-electron chi connectivity index (χ1n) is 9.55. The highest BCUT2D eigenvalue weighted by Crippen LogP contribution is 2.23. The third-order valence-corrected chi connectivity index (χ3v) is 5.11. The predicted octanol–water partition coefficient (Wildman–Crippen LogP) is 3.07. The molecule has 1 aliphatic rings. The zero-order chi connectivity index (χ0) is 20.4. The van der Waals surface area contributed by atoms with Crippen LogP contribution in [0.3, 0.4) is 0 Å². The number of piperazine rings is 1. The molecule has 1 saturated heterocycles. The summed E-state index contributed by atoms with van der Waals surface area (Å²) in [5.41, 5.74) is 3.28. The van der Waals surface area contributed by atoms with Crippen LogP contribution in [0.4, 0.5) is 10.5 Å². The lowest BCUT2D eigenvalue weighted by Crippen LogP contribution is -2.51. The summed E-state index contributed by atoms with van der Waals surface area (Å²) in [6, 6.07) is 13.0. The average Bonchev–Trinajstić information content (AvgIpc) is 3.38. The topological polar surface area (TPSA) is 83.6 Å². The summed E-state index contributed by atoms with van der Waals surface area (Å²) < 4.78 is 7.00. The molecule has 8 nitrogen and oxygen atoms in total. The first kappa shape index (κ1) is 18.8. The number of nitrogens with one attached hydrogen (secondary N) is 1. The van der Waals surface area contributed by atoms with E-state index in [4.69, 9.17) is 4.42 Å². The number of para-hydroxylation sites is 1. The van der Waals surface area contributed by atoms with Crippen molar-refractivity contribution >= 4 is 17.6 Å². The summed E-state index contributed by atoms with van der Waals surface area (Å²) in [5, 5.41) is 7.55. The monoisotopic (exact) mass is 393 g/mol. The molecule has 0 aliphatic carbocycles. The van der Waals surface area contributed by atoms with Crippen molar-refractivity contribution in [3.63, 3.8) is 0 Å². The molecule has 0 radical (unpaired) electrons. The van der Waals surface area contributed by atoms with Crippen molar-refractivity contribution < 1.29 is 14.0 Å². The van der Waals surface area contributed by atoms with E-state index in [1.807, 2.05) is 48.9 Å². The molecule has 0 unspecified atom stereocenters. The summed E-state index contributed by atoms with van der Waals surface area (Å²) in [7, 11) is 0. The minimum absolute atomic E-state index is 0.147. The highest BCUT2D eigenvalue weighted by molar-refractivity contribution is 5.93. The van der Waals surface area contributed by atoms with Gasteiger partial charge in [-0.15, -0.1) is 0 Å². The smallest absolute Gasteiger partial charge is 0.322 e. The molecular weight excluding hydrogens is 370 g/mol. The Bertz CT molecular complexity index is 1000. The van der Waals surface area contributed by atoms with Gasteiger partial charge in [-0.2, -0.15) is 5.10 Å². The molecule has 3 aromatic rings. The Morgan fingerprint density at radius 3 is 2.31 bits per heavy atom. The van der Waals surface area contributed by atoms with Gasteiger partial charge in [0, 0.05) is 26.2 Å². The number of hydrogen-bond donors (Lipinski definition) is 1. The molecule has 29 heavy (non-hydrogen) atoms. The van der Waals surface area contributed by atoms with Gasteiger partial charge in [0.15, 0.2) is 5.76 Å². The van der Waals surface area contributed by atoms with Crippen molar-refractivity contribution in [3.8, 4) is 5.69 Å². The minimum Gasteiger partial charge on any atom is -0.459 e. The number of carbonyl (C=O) groups excluding carboxylic acids is 2. The first-order valence-corrected chi connectivity index (χ1v) is 9.55. The van der Waals surface area contributed by atoms with Gasteiger partial charge in [0.2, 0.25) is 0 Å². The number of carbonyl (C=O) groups is 2. The number of rotatable bonds is 3. The number of furan rings is 1. The van der Waals surface area contributed by atoms with Gasteiger partial charge in [0.25, 0.3) is 5.91 Å². The SMILES string of the molecule is Cc1nn(-c2ccccc2)c(C)c1NC(=O)N1CCN(C(=O)c2ccco2)CC1. The molecule has 0 saturated carbocycles. The van der Waals surface area contributed by atoms with Gasteiger partial charge in [-0.25, -0.2) is 9.48 Å². The summed E-state index contributed by atoms with van der Waals surface area (Å²) in [5.74, 6) is 0.174. The Kier molecular flexibility index (Phi) is 5.07. The van der Waals surface area contributed by atoms with Crippen LogP contribution >= 0.6 is 0 Å². The van der Waals surface area contributed by atoms with E-state index in [9.17, 15) is 9.59 Å². The van der Waals surface area contributed by atoms with Crippen molar-refractivity contribution in [3.05, 3.63) is 65.9 Å². The van der Waals surface area contributed by atoms with Crippen LogP contribution in [0.2, 0.25) is 0 Å². The Balaban J connectivity index is 1.41. The quantitative estimate of drug-likeness (QED) is 0.741. The van der Waals surface area contributed by atoms with Crippen molar-refractivity contribution in [1.82, 2.24) is 19.6 Å². The fourth-order valence-corrected chi connectivity index (χ4v) is 3.50. The van der Waals surface area contributed by atoms with Crippen LogP contribution in [-0.4, -0.2) is 57.7 Å². The number of aryl methyl sites for hydroxylation is 1. The zero-order valence-electron chi connectivity index (χ0n) is 16.5. The molecule has 1 aliphatic heterocycles. The molecule has 150 valence electrons. The second-order valence-electron chi connectivity index (χ2n) is 6.98. The molecule has 3 amide bonds. The normalized spacial score (nSPS) is 14.1. The maximum Gasteiger partial charge on any atom is 0.322 e. The summed E-state index contributed by atoms with van der Waals surface area (Å²) in [6.45, 7) is 5.67. The second kappa shape index (κ2) is 7.83. The van der Waals surface area contributed by atoms with Gasteiger partial charge in [-0.05, 0) is 38.1 Å². The van der Waals surface area contributed by atoms with Gasteiger partial charge < -0.3 is 19.5 Å². The Morgan fingerprint density at radius 2 is 1.66 bits per heavy atom. The molecule has 0 bridgehead atoms. The van der Waals surface area contributed by atoms with Crippen molar-refractivity contribution in [2.45, 2.75) is 13.8 Å². The van der Waals surface area contributed by atoms with E-state index in [-0.39, 0.29) is 11.9 Å². The van der Waals surface area contributed by atoms with E-state index in [0.29, 0.717) is 37.6 Å². The van der Waals surface area contributed by atoms with E-state index in [2.05, 4.69) is 10.4 Å². The molecule has 2 aromatic heterocycles. The summed E-state index contributed by atoms with van der Waals surface area (Å²) in [6.07, 6.45) is 1.48. The largest absolute Gasteiger partial charge is 0.459 e. The van der Waals surface area contributed by atoms with Gasteiger partial charge >= 0.3 is 6.03 Å². The fourth-order valence-electron chi connectivity index (χ4n) is 3.50. The molecule has 0 atom stereocenters. The van der Waals surface area contributed by atoms with Crippen LogP contribution in [0.1, 0.15) is 21.9 Å². The fraction of sp³-hybridized carbons (Fsp3) is 0.286. The predicted molar refractivity (Wildman–Crippen MR) is 108 cm³/mol. The van der Waals surface area contributed by atoms with Gasteiger partial charge in [-0.1, -0.05) is 18.2 Å². The lowest BCUT2D eigenvalue weighted by atomic mass is 10.2. The highest BCUT2D eigenvalue weighted by atomic mass is 16.3. The van der Waals surface area contributed by atoms with Crippen LogP contribution in [-0.2, 0) is 0 Å². The van der Waals surface area contributed by atoms with E-state index in [1.54, 1.807) is 21.9 Å². The first-order chi connectivity index (χ1) is 14.0. The van der Waals surface area contributed by atoms with Crippen LogP contribution < -0.4 is 5.32 Å². The molecule has 1 fully saturated rings. The Morgan fingerprint density at radius 1 is 0.966 bits per heavy atom. The van der Waals surface area contributed by atoms with E-state index < -0.39 is 0 Å². The third kappa shape index (κ3) is 3.73. The maximum atomic E-state index is 12.8. The number of benzene rings is 1. The minimum atomic E-state index is -0.186. The Labute approximate surface area is 168 Å². The van der Waals surface area contributed by atoms with Crippen molar-refractivity contribution in [1.29, 1.82) is 0 Å². The second-order valence-corrected chi connectivity index (χ2v) is 6.98. The van der Waals surface area contributed by atoms with Gasteiger partial charge in [0.1, 0.15) is 0 Å². The summed E-state index contributed by atoms with van der Waals surface area (Å²) >= 11 is 0. The van der Waals surface area contributed by atoms with Crippen molar-refractivity contribution in [2.24, 2.45) is 0 Å². The maximum absolute atomic E-state index is 12.8. The average molecular weight is 393 g/mol. The number of nitrogens with zero attached hydrogens (tertiary/aromatic N) is 4. The molecule has 1 aromatic carbocycles. The number of amides is 3. The lowest BCUT2D eigenvalue weighted by Gasteiger charge is -2.34. The van der Waals surface area contributed by atoms with Crippen LogP contribution in [0.25, 0.3) is 5.69 Å². The van der Waals surface area contributed by atoms with Crippen molar-refractivity contribution in [2.75, 3.05) is 31.5 Å².